The van der Waals surface area contributed by atoms with Gasteiger partial charge in [-0.2, -0.15) is 0 Å². The summed E-state index contributed by atoms with van der Waals surface area (Å²) in [6.07, 6.45) is 0. The minimum absolute atomic E-state index is 0.279. The zero-order valence-corrected chi connectivity index (χ0v) is 18.1. The van der Waals surface area contributed by atoms with Crippen LogP contribution in [0.1, 0.15) is 0 Å². The molecule has 3 nitrogen and oxygen atoms in total. The Morgan fingerprint density at radius 2 is 1.17 bits per heavy atom. The highest BCUT2D eigenvalue weighted by Crippen LogP contribution is 2.38. The molecule has 0 aromatic heterocycles. The molecule has 30 heavy (non-hydrogen) atoms. The molecule has 4 aromatic rings. The van der Waals surface area contributed by atoms with Crippen molar-refractivity contribution in [2.45, 2.75) is 24.5 Å². The van der Waals surface area contributed by atoms with Crippen LogP contribution in [0.25, 0.3) is 0 Å². The molecule has 0 saturated heterocycles. The van der Waals surface area contributed by atoms with Crippen LogP contribution in [0.15, 0.2) is 134 Å². The first-order chi connectivity index (χ1) is 14.6. The molecule has 0 bridgehead atoms. The summed E-state index contributed by atoms with van der Waals surface area (Å²) in [7, 11) is -2.73. The zero-order chi connectivity index (χ0) is 21.0. The van der Waals surface area contributed by atoms with E-state index in [9.17, 15) is 8.42 Å². The van der Waals surface area contributed by atoms with Crippen molar-refractivity contribution in [2.75, 3.05) is 7.11 Å². The van der Waals surface area contributed by atoms with Gasteiger partial charge in [0.15, 0.2) is 14.7 Å². The van der Waals surface area contributed by atoms with Crippen molar-refractivity contribution in [3.63, 3.8) is 0 Å². The second-order valence-corrected chi connectivity index (χ2v) is 10.5. The lowest BCUT2D eigenvalue weighted by Gasteiger charge is -2.14. The number of hydrogen-bond acceptors (Lipinski definition) is 3. The molecule has 0 unspecified atom stereocenters. The van der Waals surface area contributed by atoms with Gasteiger partial charge in [0.1, 0.15) is 21.5 Å². The number of hydrogen-bond donors (Lipinski definition) is 0. The summed E-state index contributed by atoms with van der Waals surface area (Å²) in [5, 5.41) is 0. The summed E-state index contributed by atoms with van der Waals surface area (Å²) in [6.45, 7) is 0. The van der Waals surface area contributed by atoms with E-state index in [4.69, 9.17) is 4.74 Å². The molecule has 150 valence electrons. The molecule has 0 aliphatic heterocycles. The standard InChI is InChI=1S/C25H21O3S2/c1-28-20-17-18-25(30(26,27)23-15-9-4-10-16-23)24(19-20)29(21-11-5-2-6-12-21)22-13-7-3-8-14-22/h2-19H,1H3/q+1. The van der Waals surface area contributed by atoms with E-state index in [2.05, 4.69) is 0 Å². The third-order valence-electron chi connectivity index (χ3n) is 4.67. The number of methoxy groups -OCH3 is 1. The van der Waals surface area contributed by atoms with E-state index < -0.39 is 20.7 Å². The van der Waals surface area contributed by atoms with Gasteiger partial charge in [-0.15, -0.1) is 0 Å². The minimum Gasteiger partial charge on any atom is -0.497 e. The van der Waals surface area contributed by atoms with Gasteiger partial charge < -0.3 is 4.74 Å². The predicted molar refractivity (Wildman–Crippen MR) is 120 cm³/mol. The number of ether oxygens (including phenoxy) is 1. The third kappa shape index (κ3) is 3.99. The smallest absolute Gasteiger partial charge is 0.211 e. The topological polar surface area (TPSA) is 43.4 Å². The van der Waals surface area contributed by atoms with Crippen LogP contribution in [0.2, 0.25) is 0 Å². The van der Waals surface area contributed by atoms with Crippen molar-refractivity contribution in [2.24, 2.45) is 0 Å². The summed E-state index contributed by atoms with van der Waals surface area (Å²) in [4.78, 5) is 3.38. The van der Waals surface area contributed by atoms with E-state index in [1.807, 2.05) is 72.8 Å². The van der Waals surface area contributed by atoms with E-state index in [1.165, 1.54) is 0 Å². The number of rotatable bonds is 6. The Hall–Kier alpha value is -3.02. The molecule has 0 heterocycles. The van der Waals surface area contributed by atoms with Crippen LogP contribution in [0.4, 0.5) is 0 Å². The van der Waals surface area contributed by atoms with Gasteiger partial charge in [0.05, 0.1) is 12.0 Å². The van der Waals surface area contributed by atoms with Crippen LogP contribution in [-0.4, -0.2) is 15.5 Å². The molecule has 5 heteroatoms. The predicted octanol–water partition coefficient (Wildman–Crippen LogP) is 5.62. The molecule has 4 aromatic carbocycles. The highest BCUT2D eigenvalue weighted by atomic mass is 32.2. The van der Waals surface area contributed by atoms with Gasteiger partial charge in [0.2, 0.25) is 9.84 Å². The lowest BCUT2D eigenvalue weighted by Crippen LogP contribution is -2.12. The van der Waals surface area contributed by atoms with Crippen molar-refractivity contribution >= 4 is 20.7 Å². The highest BCUT2D eigenvalue weighted by Gasteiger charge is 2.36. The average Bonchev–Trinajstić information content (AvgIpc) is 2.81. The zero-order valence-electron chi connectivity index (χ0n) is 16.4. The molecule has 0 atom stereocenters. The van der Waals surface area contributed by atoms with Crippen LogP contribution >= 0.6 is 0 Å². The maximum absolute atomic E-state index is 13.6. The first-order valence-electron chi connectivity index (χ1n) is 9.44. The fourth-order valence-electron chi connectivity index (χ4n) is 3.23. The Balaban J connectivity index is 2.00. The van der Waals surface area contributed by atoms with Crippen molar-refractivity contribution < 1.29 is 13.2 Å². The second kappa shape index (κ2) is 8.78. The summed E-state index contributed by atoms with van der Waals surface area (Å²) in [5.41, 5.74) is 0. The van der Waals surface area contributed by atoms with E-state index >= 15 is 0 Å². The molecule has 0 N–H and O–H groups in total. The Morgan fingerprint density at radius 1 is 0.667 bits per heavy atom. The van der Waals surface area contributed by atoms with Gasteiger partial charge in [-0.1, -0.05) is 54.6 Å². The van der Waals surface area contributed by atoms with Gasteiger partial charge in [-0.3, -0.25) is 0 Å². The molecule has 0 aliphatic rings. The average molecular weight is 434 g/mol. The molecule has 0 amide bonds. The highest BCUT2D eigenvalue weighted by molar-refractivity contribution is 7.98. The van der Waals surface area contributed by atoms with Crippen molar-refractivity contribution in [3.8, 4) is 5.75 Å². The molecule has 0 radical (unpaired) electrons. The molecular weight excluding hydrogens is 412 g/mol. The molecule has 0 saturated carbocycles. The monoisotopic (exact) mass is 433 g/mol. The maximum atomic E-state index is 13.6. The number of benzene rings is 4. The Bertz CT molecular complexity index is 1180. The van der Waals surface area contributed by atoms with E-state index in [0.29, 0.717) is 10.6 Å². The van der Waals surface area contributed by atoms with Crippen LogP contribution in [0.3, 0.4) is 0 Å². The fourth-order valence-corrected chi connectivity index (χ4v) is 7.29. The van der Waals surface area contributed by atoms with E-state index in [-0.39, 0.29) is 4.90 Å². The largest absolute Gasteiger partial charge is 0.497 e. The van der Waals surface area contributed by atoms with E-state index in [0.717, 1.165) is 14.7 Å². The lowest BCUT2D eigenvalue weighted by molar-refractivity contribution is 0.413. The second-order valence-electron chi connectivity index (χ2n) is 6.56. The van der Waals surface area contributed by atoms with Crippen LogP contribution in [0.5, 0.6) is 5.75 Å². The van der Waals surface area contributed by atoms with Gasteiger partial charge in [-0.25, -0.2) is 8.42 Å². The first kappa shape index (κ1) is 20.3. The van der Waals surface area contributed by atoms with Crippen molar-refractivity contribution in [3.05, 3.63) is 109 Å². The van der Waals surface area contributed by atoms with Crippen LogP contribution < -0.4 is 4.74 Å². The Labute approximate surface area is 180 Å². The molecule has 0 spiro atoms. The SMILES string of the molecule is COc1ccc(S(=O)(=O)c2ccccc2)c([S+](c2ccccc2)c2ccccc2)c1. The normalized spacial score (nSPS) is 11.4. The van der Waals surface area contributed by atoms with Gasteiger partial charge in [0.25, 0.3) is 0 Å². The van der Waals surface area contributed by atoms with Crippen LogP contribution in [0, 0.1) is 0 Å². The van der Waals surface area contributed by atoms with Gasteiger partial charge in [-0.05, 0) is 48.5 Å². The first-order valence-corrected chi connectivity index (χ1v) is 12.1. The quantitative estimate of drug-likeness (QED) is 0.371. The Morgan fingerprint density at radius 3 is 1.67 bits per heavy atom. The molecule has 0 fully saturated rings. The molecule has 4 rings (SSSR count). The summed E-state index contributed by atoms with van der Waals surface area (Å²) in [5.74, 6) is 0.626. The van der Waals surface area contributed by atoms with Crippen molar-refractivity contribution in [1.82, 2.24) is 0 Å². The summed E-state index contributed by atoms with van der Waals surface area (Å²) >= 11 is 0. The summed E-state index contributed by atoms with van der Waals surface area (Å²) in [6, 6.07) is 33.7. The Kier molecular flexibility index (Phi) is 5.93. The number of sulfone groups is 1. The lowest BCUT2D eigenvalue weighted by atomic mass is 10.3. The van der Waals surface area contributed by atoms with Gasteiger partial charge in [0, 0.05) is 6.07 Å². The third-order valence-corrected chi connectivity index (χ3v) is 8.89. The molecule has 0 aliphatic carbocycles. The van der Waals surface area contributed by atoms with Crippen molar-refractivity contribution in [1.29, 1.82) is 0 Å². The van der Waals surface area contributed by atoms with E-state index in [1.54, 1.807) is 43.5 Å². The minimum atomic E-state index is -3.70. The van der Waals surface area contributed by atoms with Crippen LogP contribution in [-0.2, 0) is 20.7 Å². The fraction of sp³-hybridized carbons (Fsp3) is 0.0400. The maximum Gasteiger partial charge on any atom is 0.211 e. The summed E-state index contributed by atoms with van der Waals surface area (Å²) < 4.78 is 32.6. The van der Waals surface area contributed by atoms with Gasteiger partial charge >= 0.3 is 0 Å². The molecular formula is C25H21O3S2+.